The minimum atomic E-state index is 0.242. The highest BCUT2D eigenvalue weighted by Gasteiger charge is 2.22. The van der Waals surface area contributed by atoms with E-state index in [4.69, 9.17) is 17.0 Å². The van der Waals surface area contributed by atoms with Crippen LogP contribution in [0.5, 0.6) is 0 Å². The Balaban J connectivity index is 1.84. The van der Waals surface area contributed by atoms with E-state index in [1.807, 2.05) is 0 Å². The van der Waals surface area contributed by atoms with Gasteiger partial charge >= 0.3 is 0 Å². The molecule has 2 N–H and O–H groups in total. The Morgan fingerprint density at radius 3 is 2.62 bits per heavy atom. The molecule has 4 heteroatoms. The third-order valence-electron chi connectivity index (χ3n) is 4.23. The van der Waals surface area contributed by atoms with Gasteiger partial charge in [-0.2, -0.15) is 0 Å². The van der Waals surface area contributed by atoms with Crippen LogP contribution >= 0.6 is 12.2 Å². The van der Waals surface area contributed by atoms with E-state index in [2.05, 4.69) is 55.7 Å². The number of hydrogen-bond donors (Lipinski definition) is 2. The summed E-state index contributed by atoms with van der Waals surface area (Å²) < 4.78 is 5.67. The summed E-state index contributed by atoms with van der Waals surface area (Å²) in [5.74, 6) is 0.601. The first-order valence-corrected chi connectivity index (χ1v) is 8.30. The monoisotopic (exact) mass is 306 g/mol. The summed E-state index contributed by atoms with van der Waals surface area (Å²) in [7, 11) is 0. The van der Waals surface area contributed by atoms with Crippen LogP contribution in [-0.4, -0.2) is 23.9 Å². The predicted molar refractivity (Wildman–Crippen MR) is 92.9 cm³/mol. The summed E-state index contributed by atoms with van der Waals surface area (Å²) in [4.78, 5) is 0. The zero-order valence-electron chi connectivity index (χ0n) is 13.2. The molecule has 1 aliphatic rings. The van der Waals surface area contributed by atoms with Gasteiger partial charge in [-0.3, -0.25) is 0 Å². The number of anilines is 1. The summed E-state index contributed by atoms with van der Waals surface area (Å²) in [5.41, 5.74) is 2.40. The van der Waals surface area contributed by atoms with Gasteiger partial charge in [0.15, 0.2) is 5.11 Å². The summed E-state index contributed by atoms with van der Waals surface area (Å²) in [6.45, 7) is 7.45. The Hall–Kier alpha value is -1.13. The van der Waals surface area contributed by atoms with Gasteiger partial charge in [0.05, 0.1) is 12.1 Å². The van der Waals surface area contributed by atoms with Crippen molar-refractivity contribution in [3.8, 4) is 0 Å². The molecule has 3 atom stereocenters. The van der Waals surface area contributed by atoms with E-state index in [0.717, 1.165) is 31.6 Å². The topological polar surface area (TPSA) is 33.3 Å². The Bertz CT molecular complexity index is 454. The molecule has 1 aromatic carbocycles. The SMILES string of the molecule is CC[C@H](C)c1ccc(NC(=S)N[C@H](C)[C@H]2CCCO2)cc1. The Morgan fingerprint density at radius 1 is 1.33 bits per heavy atom. The van der Waals surface area contributed by atoms with Crippen LogP contribution in [0.1, 0.15) is 51.5 Å². The Morgan fingerprint density at radius 2 is 2.05 bits per heavy atom. The van der Waals surface area contributed by atoms with Crippen LogP contribution in [0.4, 0.5) is 5.69 Å². The fourth-order valence-corrected chi connectivity index (χ4v) is 2.90. The summed E-state index contributed by atoms with van der Waals surface area (Å²) in [6, 6.07) is 8.76. The Labute approximate surface area is 133 Å². The number of thiocarbonyl (C=S) groups is 1. The molecule has 21 heavy (non-hydrogen) atoms. The van der Waals surface area contributed by atoms with Crippen molar-refractivity contribution < 1.29 is 4.74 Å². The molecule has 0 unspecified atom stereocenters. The van der Waals surface area contributed by atoms with Crippen LogP contribution in [0, 0.1) is 0 Å². The van der Waals surface area contributed by atoms with Gasteiger partial charge in [0.25, 0.3) is 0 Å². The van der Waals surface area contributed by atoms with Crippen molar-refractivity contribution in [2.45, 2.75) is 58.1 Å². The van der Waals surface area contributed by atoms with E-state index in [-0.39, 0.29) is 12.1 Å². The normalized spacial score (nSPS) is 20.8. The van der Waals surface area contributed by atoms with E-state index >= 15 is 0 Å². The average Bonchev–Trinajstić information content (AvgIpc) is 3.01. The fourth-order valence-electron chi connectivity index (χ4n) is 2.59. The summed E-state index contributed by atoms with van der Waals surface area (Å²) in [6.07, 6.45) is 3.69. The minimum Gasteiger partial charge on any atom is -0.376 e. The molecule has 1 heterocycles. The van der Waals surface area contributed by atoms with Crippen molar-refractivity contribution >= 4 is 23.0 Å². The molecule has 0 spiro atoms. The summed E-state index contributed by atoms with van der Waals surface area (Å²) in [5, 5.41) is 7.22. The zero-order chi connectivity index (χ0) is 15.2. The molecule has 0 radical (unpaired) electrons. The predicted octanol–water partition coefficient (Wildman–Crippen LogP) is 4.05. The van der Waals surface area contributed by atoms with Crippen molar-refractivity contribution in [3.05, 3.63) is 29.8 Å². The number of hydrogen-bond acceptors (Lipinski definition) is 2. The lowest BCUT2D eigenvalue weighted by molar-refractivity contribution is 0.0895. The molecule has 1 saturated heterocycles. The maximum absolute atomic E-state index is 5.67. The van der Waals surface area contributed by atoms with E-state index in [9.17, 15) is 0 Å². The molecular weight excluding hydrogens is 280 g/mol. The van der Waals surface area contributed by atoms with Gasteiger partial charge in [0, 0.05) is 12.3 Å². The number of benzene rings is 1. The molecular formula is C17H26N2OS. The molecule has 0 saturated carbocycles. The Kier molecular flexibility index (Phi) is 6.00. The lowest BCUT2D eigenvalue weighted by Crippen LogP contribution is -2.42. The highest BCUT2D eigenvalue weighted by Crippen LogP contribution is 2.20. The van der Waals surface area contributed by atoms with Crippen molar-refractivity contribution in [1.82, 2.24) is 5.32 Å². The van der Waals surface area contributed by atoms with Crippen LogP contribution in [0.3, 0.4) is 0 Å². The maximum Gasteiger partial charge on any atom is 0.171 e. The second-order valence-corrected chi connectivity index (χ2v) is 6.28. The van der Waals surface area contributed by atoms with Gasteiger partial charge in [-0.25, -0.2) is 0 Å². The highest BCUT2D eigenvalue weighted by atomic mass is 32.1. The molecule has 1 fully saturated rings. The highest BCUT2D eigenvalue weighted by molar-refractivity contribution is 7.80. The van der Waals surface area contributed by atoms with E-state index in [1.54, 1.807) is 0 Å². The zero-order valence-corrected chi connectivity index (χ0v) is 14.0. The van der Waals surface area contributed by atoms with E-state index < -0.39 is 0 Å². The second-order valence-electron chi connectivity index (χ2n) is 5.87. The molecule has 1 aromatic rings. The lowest BCUT2D eigenvalue weighted by atomic mass is 9.99. The first-order valence-electron chi connectivity index (χ1n) is 7.89. The third-order valence-corrected chi connectivity index (χ3v) is 4.45. The first-order chi connectivity index (χ1) is 10.1. The average molecular weight is 306 g/mol. The largest absolute Gasteiger partial charge is 0.376 e. The smallest absolute Gasteiger partial charge is 0.171 e. The molecule has 2 rings (SSSR count). The lowest BCUT2D eigenvalue weighted by Gasteiger charge is -2.22. The van der Waals surface area contributed by atoms with Gasteiger partial charge in [-0.1, -0.05) is 26.0 Å². The van der Waals surface area contributed by atoms with E-state index in [1.165, 1.54) is 5.56 Å². The van der Waals surface area contributed by atoms with Crippen LogP contribution in [0.25, 0.3) is 0 Å². The second kappa shape index (κ2) is 7.76. The quantitative estimate of drug-likeness (QED) is 0.804. The van der Waals surface area contributed by atoms with Crippen molar-refractivity contribution in [2.24, 2.45) is 0 Å². The maximum atomic E-state index is 5.67. The van der Waals surface area contributed by atoms with Crippen molar-refractivity contribution in [2.75, 3.05) is 11.9 Å². The standard InChI is InChI=1S/C17H26N2OS/c1-4-12(2)14-7-9-15(10-8-14)19-17(21)18-13(3)16-6-5-11-20-16/h7-10,12-13,16H,4-6,11H2,1-3H3,(H2,18,19,21)/t12-,13+,16+/m0/s1. The van der Waals surface area contributed by atoms with Crippen LogP contribution in [-0.2, 0) is 4.74 Å². The molecule has 0 aromatic heterocycles. The first kappa shape index (κ1) is 16.2. The molecule has 0 amide bonds. The van der Waals surface area contributed by atoms with Crippen LogP contribution in [0.2, 0.25) is 0 Å². The van der Waals surface area contributed by atoms with Crippen LogP contribution in [0.15, 0.2) is 24.3 Å². The minimum absolute atomic E-state index is 0.242. The van der Waals surface area contributed by atoms with Crippen molar-refractivity contribution in [1.29, 1.82) is 0 Å². The van der Waals surface area contributed by atoms with Gasteiger partial charge in [0.1, 0.15) is 0 Å². The van der Waals surface area contributed by atoms with Crippen molar-refractivity contribution in [3.63, 3.8) is 0 Å². The van der Waals surface area contributed by atoms with Gasteiger partial charge < -0.3 is 15.4 Å². The number of nitrogens with one attached hydrogen (secondary N) is 2. The number of rotatable bonds is 5. The summed E-state index contributed by atoms with van der Waals surface area (Å²) >= 11 is 5.38. The molecule has 1 aliphatic heterocycles. The van der Waals surface area contributed by atoms with Gasteiger partial charge in [-0.05, 0) is 62.0 Å². The molecule has 116 valence electrons. The van der Waals surface area contributed by atoms with Gasteiger partial charge in [-0.15, -0.1) is 0 Å². The number of ether oxygens (including phenoxy) is 1. The van der Waals surface area contributed by atoms with Gasteiger partial charge in [0.2, 0.25) is 0 Å². The van der Waals surface area contributed by atoms with Crippen LogP contribution < -0.4 is 10.6 Å². The third kappa shape index (κ3) is 4.68. The van der Waals surface area contributed by atoms with E-state index in [0.29, 0.717) is 11.0 Å². The molecule has 0 bridgehead atoms. The molecule has 0 aliphatic carbocycles. The molecule has 3 nitrogen and oxygen atoms in total. The fraction of sp³-hybridized carbons (Fsp3) is 0.588.